The zero-order valence-corrected chi connectivity index (χ0v) is 24.8. The van der Waals surface area contributed by atoms with Crippen LogP contribution in [0.3, 0.4) is 0 Å². The van der Waals surface area contributed by atoms with Gasteiger partial charge in [-0.1, -0.05) is 24.3 Å². The summed E-state index contributed by atoms with van der Waals surface area (Å²) in [4.78, 5) is 31.1. The first-order valence-corrected chi connectivity index (χ1v) is 15.4. The number of amides is 2. The van der Waals surface area contributed by atoms with Gasteiger partial charge in [0.25, 0.3) is 5.91 Å². The van der Waals surface area contributed by atoms with E-state index in [2.05, 4.69) is 33.3 Å². The zero-order valence-electron chi connectivity index (χ0n) is 24.8. The van der Waals surface area contributed by atoms with E-state index in [1.165, 1.54) is 17.5 Å². The summed E-state index contributed by atoms with van der Waals surface area (Å²) in [5.74, 6) is 2.11. The van der Waals surface area contributed by atoms with Gasteiger partial charge in [-0.3, -0.25) is 9.69 Å². The summed E-state index contributed by atoms with van der Waals surface area (Å²) in [5, 5.41) is 3.00. The lowest BCUT2D eigenvalue weighted by molar-refractivity contribution is -0.100. The van der Waals surface area contributed by atoms with Crippen LogP contribution in [0.15, 0.2) is 48.5 Å². The Labute approximate surface area is 243 Å². The molecule has 0 spiro atoms. The van der Waals surface area contributed by atoms with Crippen molar-refractivity contribution in [1.82, 2.24) is 15.1 Å². The van der Waals surface area contributed by atoms with Crippen molar-refractivity contribution in [3.8, 4) is 5.75 Å². The third-order valence-corrected chi connectivity index (χ3v) is 11.2. The van der Waals surface area contributed by atoms with Gasteiger partial charge < -0.3 is 19.7 Å². The molecule has 2 amide bonds. The number of ether oxygens (including phenoxy) is 2. The number of hydrogen-bond donors (Lipinski definition) is 1. The number of benzene rings is 2. The molecular formula is C34H43N3O4. The minimum atomic E-state index is -0.502. The van der Waals surface area contributed by atoms with Crippen molar-refractivity contribution in [3.63, 3.8) is 0 Å². The Morgan fingerprint density at radius 3 is 2.66 bits per heavy atom. The van der Waals surface area contributed by atoms with Crippen LogP contribution in [0.2, 0.25) is 0 Å². The highest BCUT2D eigenvalue weighted by Crippen LogP contribution is 2.75. The molecule has 1 N–H and O–H groups in total. The predicted octanol–water partition coefficient (Wildman–Crippen LogP) is 5.03. The van der Waals surface area contributed by atoms with Gasteiger partial charge in [-0.15, -0.1) is 0 Å². The molecule has 2 aliphatic heterocycles. The second-order valence-corrected chi connectivity index (χ2v) is 14.0. The van der Waals surface area contributed by atoms with Gasteiger partial charge >= 0.3 is 6.09 Å². The van der Waals surface area contributed by atoms with E-state index in [-0.39, 0.29) is 28.9 Å². The van der Waals surface area contributed by atoms with Crippen molar-refractivity contribution < 1.29 is 19.1 Å². The number of hydrogen-bond acceptors (Lipinski definition) is 5. The Morgan fingerprint density at radius 2 is 1.90 bits per heavy atom. The number of nitrogens with one attached hydrogen (secondary N) is 1. The molecule has 0 radical (unpaired) electrons. The fraction of sp³-hybridized carbons (Fsp3) is 0.588. The van der Waals surface area contributed by atoms with E-state index in [1.54, 1.807) is 7.11 Å². The van der Waals surface area contributed by atoms with E-state index in [4.69, 9.17) is 9.47 Å². The minimum Gasteiger partial charge on any atom is -0.497 e. The fourth-order valence-electron chi connectivity index (χ4n) is 10.1. The molecule has 7 heteroatoms. The first-order valence-electron chi connectivity index (χ1n) is 15.4. The van der Waals surface area contributed by atoms with Gasteiger partial charge in [0.05, 0.1) is 7.11 Å². The summed E-state index contributed by atoms with van der Waals surface area (Å²) in [5.41, 5.74) is 3.46. The molecule has 7 rings (SSSR count). The van der Waals surface area contributed by atoms with E-state index in [1.807, 2.05) is 51.1 Å². The third-order valence-electron chi connectivity index (χ3n) is 11.2. The summed E-state index contributed by atoms with van der Waals surface area (Å²) in [6.07, 6.45) is 5.15. The lowest BCUT2D eigenvalue weighted by Crippen LogP contribution is -2.70. The van der Waals surface area contributed by atoms with Gasteiger partial charge in [-0.05, 0) is 112 Å². The molecule has 2 saturated carbocycles. The zero-order chi connectivity index (χ0) is 28.6. The van der Waals surface area contributed by atoms with Crippen LogP contribution in [0.1, 0.15) is 67.9 Å². The van der Waals surface area contributed by atoms with Crippen LogP contribution < -0.4 is 10.1 Å². The average molecular weight is 558 g/mol. The SMILES string of the molecule is COc1ccc2c(c1)C13CCN(CCNC(=O)OC(C)(C)C)C(C2)C12CCC1C3[C@@H](CN1C(=O)c1ccccc1)C2. The lowest BCUT2D eigenvalue weighted by atomic mass is 9.43. The molecule has 6 atom stereocenters. The molecule has 218 valence electrons. The summed E-state index contributed by atoms with van der Waals surface area (Å²) in [6, 6.07) is 17.3. The Hall–Kier alpha value is -3.06. The number of alkyl carbamates (subject to hydrolysis) is 1. The lowest BCUT2D eigenvalue weighted by Gasteiger charge is -2.66. The van der Waals surface area contributed by atoms with Crippen molar-refractivity contribution in [3.05, 3.63) is 65.2 Å². The first-order chi connectivity index (χ1) is 19.7. The molecule has 4 bridgehead atoms. The summed E-state index contributed by atoms with van der Waals surface area (Å²) in [7, 11) is 1.76. The molecule has 2 saturated heterocycles. The van der Waals surface area contributed by atoms with Crippen molar-refractivity contribution in [1.29, 1.82) is 0 Å². The number of piperidine rings is 1. The topological polar surface area (TPSA) is 71.1 Å². The van der Waals surface area contributed by atoms with Crippen LogP contribution in [-0.2, 0) is 16.6 Å². The van der Waals surface area contributed by atoms with Crippen molar-refractivity contribution >= 4 is 12.0 Å². The molecule has 2 aromatic carbocycles. The van der Waals surface area contributed by atoms with Crippen LogP contribution in [0.25, 0.3) is 0 Å². The Kier molecular flexibility index (Phi) is 6.20. The number of methoxy groups -OCH3 is 1. The highest BCUT2D eigenvalue weighted by molar-refractivity contribution is 5.94. The van der Waals surface area contributed by atoms with Gasteiger partial charge in [0, 0.05) is 42.7 Å². The van der Waals surface area contributed by atoms with Gasteiger partial charge in [-0.25, -0.2) is 4.79 Å². The molecule has 0 aromatic heterocycles. The molecule has 41 heavy (non-hydrogen) atoms. The van der Waals surface area contributed by atoms with Crippen LogP contribution in [0.5, 0.6) is 5.75 Å². The largest absolute Gasteiger partial charge is 0.497 e. The van der Waals surface area contributed by atoms with Crippen molar-refractivity contribution in [2.24, 2.45) is 17.3 Å². The van der Waals surface area contributed by atoms with Gasteiger partial charge in [0.2, 0.25) is 0 Å². The van der Waals surface area contributed by atoms with E-state index in [0.29, 0.717) is 24.4 Å². The minimum absolute atomic E-state index is 0.0498. The number of fused-ring (bicyclic) bond motifs is 1. The Balaban J connectivity index is 1.22. The molecule has 3 aliphatic carbocycles. The number of likely N-dealkylation sites (tertiary alicyclic amines) is 2. The van der Waals surface area contributed by atoms with Gasteiger partial charge in [0.1, 0.15) is 11.4 Å². The van der Waals surface area contributed by atoms with Crippen LogP contribution in [-0.4, -0.2) is 72.8 Å². The standard InChI is InChI=1S/C34H43N3O4/c1-32(2,3)41-31(39)35-15-17-36-16-14-34-26-19-25(40-4)11-10-23(26)18-28(36)33(34)13-12-27-29(34)24(20-33)21-37(27)30(38)22-8-6-5-7-9-22/h5-11,19,24,27-29H,12-18,20-21H2,1-4H3,(H,35,39)/t24-,27?,28?,29?,33?,34?/m1/s1. The molecule has 5 unspecified atom stereocenters. The molecule has 7 nitrogen and oxygen atoms in total. The predicted molar refractivity (Wildman–Crippen MR) is 157 cm³/mol. The van der Waals surface area contributed by atoms with Crippen molar-refractivity contribution in [2.75, 3.05) is 33.3 Å². The number of rotatable bonds is 5. The quantitative estimate of drug-likeness (QED) is 0.559. The number of carbonyl (C=O) groups excluding carboxylic acids is 2. The summed E-state index contributed by atoms with van der Waals surface area (Å²) < 4.78 is 11.3. The number of nitrogens with zero attached hydrogens (tertiary/aromatic N) is 2. The summed E-state index contributed by atoms with van der Waals surface area (Å²) in [6.45, 7) is 8.95. The fourth-order valence-corrected chi connectivity index (χ4v) is 10.1. The van der Waals surface area contributed by atoms with Gasteiger partial charge in [-0.2, -0.15) is 0 Å². The van der Waals surface area contributed by atoms with Gasteiger partial charge in [0.15, 0.2) is 0 Å². The molecule has 2 aromatic rings. The number of carbonyl (C=O) groups is 2. The molecule has 2 heterocycles. The van der Waals surface area contributed by atoms with Crippen molar-refractivity contribution in [2.45, 2.75) is 76.0 Å². The second kappa shape index (κ2) is 9.48. The van der Waals surface area contributed by atoms with E-state index in [0.717, 1.165) is 56.6 Å². The van der Waals surface area contributed by atoms with Crippen LogP contribution >= 0.6 is 0 Å². The average Bonchev–Trinajstić information content (AvgIpc) is 3.39. The maximum atomic E-state index is 13.8. The normalized spacial score (nSPS) is 33.1. The highest BCUT2D eigenvalue weighted by Gasteiger charge is 2.76. The maximum absolute atomic E-state index is 13.8. The molecule has 5 aliphatic rings. The monoisotopic (exact) mass is 557 g/mol. The second-order valence-electron chi connectivity index (χ2n) is 14.0. The third kappa shape index (κ3) is 3.94. The van der Waals surface area contributed by atoms with Crippen LogP contribution in [0.4, 0.5) is 4.79 Å². The Bertz CT molecular complexity index is 1360. The first kappa shape index (κ1) is 26.8. The maximum Gasteiger partial charge on any atom is 0.407 e. The summed E-state index contributed by atoms with van der Waals surface area (Å²) >= 11 is 0. The van der Waals surface area contributed by atoms with E-state index in [9.17, 15) is 9.59 Å². The molecular weight excluding hydrogens is 514 g/mol. The highest BCUT2D eigenvalue weighted by atomic mass is 16.6. The van der Waals surface area contributed by atoms with E-state index < -0.39 is 5.60 Å². The smallest absolute Gasteiger partial charge is 0.407 e. The Morgan fingerprint density at radius 1 is 1.10 bits per heavy atom. The molecule has 4 fully saturated rings. The van der Waals surface area contributed by atoms with E-state index >= 15 is 0 Å². The van der Waals surface area contributed by atoms with Crippen LogP contribution in [0, 0.1) is 17.3 Å².